The lowest BCUT2D eigenvalue weighted by Crippen LogP contribution is -2.07. The third-order valence-corrected chi connectivity index (χ3v) is 4.65. The zero-order valence-corrected chi connectivity index (χ0v) is 15.9. The Balaban J connectivity index is 1.81. The Bertz CT molecular complexity index is 1270. The normalized spacial score (nSPS) is 11.8. The van der Waals surface area contributed by atoms with E-state index in [2.05, 4.69) is 0 Å². The molecule has 0 unspecified atom stereocenters. The molecule has 0 aliphatic carbocycles. The van der Waals surface area contributed by atoms with Gasteiger partial charge in [-0.05, 0) is 42.0 Å². The van der Waals surface area contributed by atoms with E-state index in [1.807, 2.05) is 71.3 Å². The van der Waals surface area contributed by atoms with Crippen molar-refractivity contribution in [3.63, 3.8) is 0 Å². The van der Waals surface area contributed by atoms with Crippen molar-refractivity contribution in [2.24, 2.45) is 4.99 Å². The van der Waals surface area contributed by atoms with E-state index in [0.29, 0.717) is 11.4 Å². The van der Waals surface area contributed by atoms with Gasteiger partial charge in [-0.1, -0.05) is 42.5 Å². The van der Waals surface area contributed by atoms with Crippen LogP contribution in [0.3, 0.4) is 0 Å². The highest BCUT2D eigenvalue weighted by Gasteiger charge is 2.11. The molecule has 3 aromatic carbocycles. The van der Waals surface area contributed by atoms with Crippen molar-refractivity contribution in [2.75, 3.05) is 0 Å². The zero-order valence-electron chi connectivity index (χ0n) is 15.9. The number of aldehydes is 1. The van der Waals surface area contributed by atoms with Crippen LogP contribution in [0, 0.1) is 10.1 Å². The summed E-state index contributed by atoms with van der Waals surface area (Å²) in [6, 6.07) is 23.4. The van der Waals surface area contributed by atoms with E-state index in [-0.39, 0.29) is 5.69 Å². The highest BCUT2D eigenvalue weighted by atomic mass is 16.6. The second-order valence-corrected chi connectivity index (χ2v) is 6.58. The topological polar surface area (TPSA) is 77.5 Å². The van der Waals surface area contributed by atoms with Gasteiger partial charge in [-0.2, -0.15) is 0 Å². The lowest BCUT2D eigenvalue weighted by Gasteiger charge is -2.06. The maximum atomic E-state index is 11.6. The molecule has 6 nitrogen and oxygen atoms in total. The zero-order chi connectivity index (χ0) is 20.9. The molecule has 0 amide bonds. The Labute approximate surface area is 172 Å². The van der Waals surface area contributed by atoms with Crippen molar-refractivity contribution < 1.29 is 9.72 Å². The summed E-state index contributed by atoms with van der Waals surface area (Å²) in [6.45, 7) is 0. The number of hydrogen-bond acceptors (Lipinski definition) is 4. The van der Waals surface area contributed by atoms with Crippen LogP contribution in [-0.2, 0) is 0 Å². The van der Waals surface area contributed by atoms with Gasteiger partial charge in [0.25, 0.3) is 5.69 Å². The third-order valence-electron chi connectivity index (χ3n) is 4.65. The SMILES string of the molecule is O=Cc1cn(C(/C=C/c2ccc([N+](=O)[O-])cc2)=Nc2ccccc2)c2ccccc12. The van der Waals surface area contributed by atoms with Gasteiger partial charge < -0.3 is 4.57 Å². The summed E-state index contributed by atoms with van der Waals surface area (Å²) in [6.07, 6.45) is 6.26. The predicted molar refractivity (Wildman–Crippen MR) is 118 cm³/mol. The van der Waals surface area contributed by atoms with Crippen molar-refractivity contribution in [2.45, 2.75) is 0 Å². The first-order chi connectivity index (χ1) is 14.7. The molecule has 0 spiro atoms. The maximum Gasteiger partial charge on any atom is 0.269 e. The van der Waals surface area contributed by atoms with Gasteiger partial charge in [0.2, 0.25) is 0 Å². The number of nitro groups is 1. The van der Waals surface area contributed by atoms with E-state index in [1.54, 1.807) is 18.3 Å². The van der Waals surface area contributed by atoms with Crippen molar-refractivity contribution in [3.8, 4) is 0 Å². The lowest BCUT2D eigenvalue weighted by atomic mass is 10.2. The van der Waals surface area contributed by atoms with Crippen LogP contribution in [-0.4, -0.2) is 21.6 Å². The first-order valence-corrected chi connectivity index (χ1v) is 9.27. The summed E-state index contributed by atoms with van der Waals surface area (Å²) >= 11 is 0. The van der Waals surface area contributed by atoms with Crippen LogP contribution in [0.1, 0.15) is 15.9 Å². The van der Waals surface area contributed by atoms with Crippen molar-refractivity contribution >= 4 is 40.5 Å². The van der Waals surface area contributed by atoms with Gasteiger partial charge in [-0.3, -0.25) is 14.9 Å². The van der Waals surface area contributed by atoms with Crippen LogP contribution in [0.15, 0.2) is 96.1 Å². The minimum atomic E-state index is -0.428. The lowest BCUT2D eigenvalue weighted by molar-refractivity contribution is -0.384. The van der Waals surface area contributed by atoms with Gasteiger partial charge in [0.1, 0.15) is 5.84 Å². The van der Waals surface area contributed by atoms with Gasteiger partial charge in [-0.25, -0.2) is 4.99 Å². The Morgan fingerprint density at radius 2 is 1.63 bits per heavy atom. The maximum absolute atomic E-state index is 11.6. The fraction of sp³-hybridized carbons (Fsp3) is 0. The number of aliphatic imine (C=N–C) groups is 1. The molecule has 4 aromatic rings. The molecule has 30 heavy (non-hydrogen) atoms. The number of para-hydroxylation sites is 2. The summed E-state index contributed by atoms with van der Waals surface area (Å²) < 4.78 is 1.87. The number of rotatable bonds is 5. The molecule has 0 saturated heterocycles. The number of carbonyl (C=O) groups is 1. The van der Waals surface area contributed by atoms with Crippen LogP contribution in [0.4, 0.5) is 11.4 Å². The van der Waals surface area contributed by atoms with Crippen LogP contribution in [0.25, 0.3) is 17.0 Å². The Morgan fingerprint density at radius 1 is 0.933 bits per heavy atom. The summed E-state index contributed by atoms with van der Waals surface area (Å²) in [5, 5.41) is 11.7. The minimum absolute atomic E-state index is 0.0392. The van der Waals surface area contributed by atoms with E-state index in [0.717, 1.165) is 28.4 Å². The number of aromatic nitrogens is 1. The average Bonchev–Trinajstić information content (AvgIpc) is 3.16. The van der Waals surface area contributed by atoms with Crippen LogP contribution in [0.5, 0.6) is 0 Å². The largest absolute Gasteiger partial charge is 0.300 e. The van der Waals surface area contributed by atoms with Gasteiger partial charge in [-0.15, -0.1) is 0 Å². The molecule has 0 atom stereocenters. The van der Waals surface area contributed by atoms with Gasteiger partial charge >= 0.3 is 0 Å². The second-order valence-electron chi connectivity index (χ2n) is 6.58. The van der Waals surface area contributed by atoms with E-state index in [1.165, 1.54) is 12.1 Å². The molecule has 1 aromatic heterocycles. The molecule has 0 bridgehead atoms. The second kappa shape index (κ2) is 8.36. The van der Waals surface area contributed by atoms with Crippen molar-refractivity contribution in [1.82, 2.24) is 4.57 Å². The molecule has 1 heterocycles. The summed E-state index contributed by atoms with van der Waals surface area (Å²) in [5.41, 5.74) is 3.05. The molecule has 0 fully saturated rings. The number of nitro benzene ring substituents is 1. The van der Waals surface area contributed by atoms with Gasteiger partial charge in [0.15, 0.2) is 6.29 Å². The third kappa shape index (κ3) is 3.93. The molecule has 0 aliphatic rings. The number of fused-ring (bicyclic) bond motifs is 1. The number of non-ortho nitro benzene ring substituents is 1. The first kappa shape index (κ1) is 19.0. The fourth-order valence-corrected chi connectivity index (χ4v) is 3.17. The molecule has 0 aliphatic heterocycles. The van der Waals surface area contributed by atoms with E-state index < -0.39 is 4.92 Å². The first-order valence-electron chi connectivity index (χ1n) is 9.27. The van der Waals surface area contributed by atoms with Crippen molar-refractivity contribution in [3.05, 3.63) is 112 Å². The van der Waals surface area contributed by atoms with Crippen LogP contribution >= 0.6 is 0 Å². The average molecular weight is 395 g/mol. The molecule has 0 N–H and O–H groups in total. The Kier molecular flexibility index (Phi) is 5.30. The molecule has 0 saturated carbocycles. The number of allylic oxidation sites excluding steroid dienone is 1. The standard InChI is InChI=1S/C24H17N3O3/c28-17-19-16-26(23-9-5-4-8-22(19)23)24(25-20-6-2-1-3-7-20)15-12-18-10-13-21(14-11-18)27(29)30/h1-17H/b15-12+,25-24?. The number of nitrogens with zero attached hydrogens (tertiary/aromatic N) is 3. The molecule has 6 heteroatoms. The van der Waals surface area contributed by atoms with E-state index >= 15 is 0 Å². The van der Waals surface area contributed by atoms with Gasteiger partial charge in [0, 0.05) is 29.3 Å². The number of benzene rings is 3. The molecular formula is C24H17N3O3. The predicted octanol–water partition coefficient (Wildman–Crippen LogP) is 5.65. The highest BCUT2D eigenvalue weighted by Crippen LogP contribution is 2.22. The molecular weight excluding hydrogens is 378 g/mol. The van der Waals surface area contributed by atoms with Crippen LogP contribution < -0.4 is 0 Å². The Hall–Kier alpha value is -4.32. The number of carbonyl (C=O) groups excluding carboxylic acids is 1. The number of hydrogen-bond donors (Lipinski definition) is 0. The highest BCUT2D eigenvalue weighted by molar-refractivity contribution is 6.08. The van der Waals surface area contributed by atoms with Gasteiger partial charge in [0.05, 0.1) is 16.1 Å². The monoisotopic (exact) mass is 395 g/mol. The van der Waals surface area contributed by atoms with E-state index in [9.17, 15) is 14.9 Å². The van der Waals surface area contributed by atoms with Crippen LogP contribution in [0.2, 0.25) is 0 Å². The van der Waals surface area contributed by atoms with Crippen molar-refractivity contribution in [1.29, 1.82) is 0 Å². The summed E-state index contributed by atoms with van der Waals surface area (Å²) in [4.78, 5) is 26.7. The molecule has 0 radical (unpaired) electrons. The minimum Gasteiger partial charge on any atom is -0.300 e. The fourth-order valence-electron chi connectivity index (χ4n) is 3.17. The Morgan fingerprint density at radius 3 is 2.33 bits per heavy atom. The summed E-state index contributed by atoms with van der Waals surface area (Å²) in [7, 11) is 0. The molecule has 4 rings (SSSR count). The van der Waals surface area contributed by atoms with E-state index in [4.69, 9.17) is 4.99 Å². The summed E-state index contributed by atoms with van der Waals surface area (Å²) in [5.74, 6) is 0.615. The quantitative estimate of drug-likeness (QED) is 0.144. The smallest absolute Gasteiger partial charge is 0.269 e. The molecule has 146 valence electrons.